The minimum absolute atomic E-state index is 0.642. The van der Waals surface area contributed by atoms with Gasteiger partial charge in [0, 0.05) is 19.2 Å². The van der Waals surface area contributed by atoms with Gasteiger partial charge in [0.2, 0.25) is 0 Å². The summed E-state index contributed by atoms with van der Waals surface area (Å²) in [7, 11) is 2.24. The van der Waals surface area contributed by atoms with Crippen molar-refractivity contribution in [2.75, 3.05) is 11.9 Å². The second-order valence-electron chi connectivity index (χ2n) is 7.37. The van der Waals surface area contributed by atoms with Crippen molar-refractivity contribution in [3.05, 3.63) is 47.8 Å². The normalized spacial score (nSPS) is 15.6. The fourth-order valence-electron chi connectivity index (χ4n) is 4.17. The van der Waals surface area contributed by atoms with E-state index in [9.17, 15) is 0 Å². The number of rotatable bonds is 3. The number of aryl methyl sites for hydroxylation is 2. The standard InChI is InChI=1S/C21H26N4/c1-15-9-10-19(16(2)13-15)25-21-18(14-23-25)20(11-12-22-21)24(3)17-7-5-4-6-8-17/h9-14,17H,4-8H2,1-3H3/p+1. The fraction of sp³-hybridized carbons (Fsp3) is 0.429. The lowest BCUT2D eigenvalue weighted by atomic mass is 9.94. The van der Waals surface area contributed by atoms with Gasteiger partial charge in [-0.25, -0.2) is 5.10 Å². The SMILES string of the molecule is Cc1ccc(-[n+]2[nH]cc3c(N(C)C4CCCCC4)ccnc32)c(C)c1. The molecular weight excluding hydrogens is 308 g/mol. The summed E-state index contributed by atoms with van der Waals surface area (Å²) >= 11 is 0. The number of aromatic nitrogens is 3. The van der Waals surface area contributed by atoms with Crippen LogP contribution in [0.15, 0.2) is 36.7 Å². The summed E-state index contributed by atoms with van der Waals surface area (Å²) in [6, 6.07) is 9.33. The van der Waals surface area contributed by atoms with Gasteiger partial charge in [0.15, 0.2) is 5.69 Å². The Bertz CT molecular complexity index is 890. The molecule has 1 saturated carbocycles. The Labute approximate surface area is 149 Å². The van der Waals surface area contributed by atoms with Gasteiger partial charge in [0.1, 0.15) is 11.6 Å². The van der Waals surface area contributed by atoms with Crippen molar-refractivity contribution < 1.29 is 4.68 Å². The maximum absolute atomic E-state index is 4.67. The number of anilines is 1. The number of H-pyrrole nitrogens is 1. The highest BCUT2D eigenvalue weighted by Gasteiger charge is 2.24. The molecule has 0 radical (unpaired) electrons. The zero-order valence-electron chi connectivity index (χ0n) is 15.4. The number of nitrogens with zero attached hydrogens (tertiary/aromatic N) is 3. The quantitative estimate of drug-likeness (QED) is 0.727. The molecule has 25 heavy (non-hydrogen) atoms. The first kappa shape index (κ1) is 16.1. The van der Waals surface area contributed by atoms with Crippen molar-refractivity contribution in [3.8, 4) is 5.69 Å². The van der Waals surface area contributed by atoms with E-state index in [-0.39, 0.29) is 0 Å². The number of pyridine rings is 1. The number of aromatic amines is 1. The van der Waals surface area contributed by atoms with Gasteiger partial charge in [0.25, 0.3) is 0 Å². The van der Waals surface area contributed by atoms with Crippen LogP contribution in [0.25, 0.3) is 16.7 Å². The molecule has 0 unspecified atom stereocenters. The van der Waals surface area contributed by atoms with Gasteiger partial charge in [-0.3, -0.25) is 0 Å². The van der Waals surface area contributed by atoms with Crippen molar-refractivity contribution in [3.63, 3.8) is 0 Å². The molecule has 0 spiro atoms. The second-order valence-corrected chi connectivity index (χ2v) is 7.37. The van der Waals surface area contributed by atoms with Crippen molar-refractivity contribution >= 4 is 16.7 Å². The Balaban J connectivity index is 1.77. The third-order valence-electron chi connectivity index (χ3n) is 5.59. The number of nitrogens with one attached hydrogen (secondary N) is 1. The molecule has 0 aliphatic heterocycles. The third kappa shape index (κ3) is 2.90. The third-order valence-corrected chi connectivity index (χ3v) is 5.59. The minimum atomic E-state index is 0.642. The predicted octanol–water partition coefficient (Wildman–Crippen LogP) is 4.23. The average Bonchev–Trinajstić information content (AvgIpc) is 3.06. The summed E-state index contributed by atoms with van der Waals surface area (Å²) in [4.78, 5) is 7.14. The van der Waals surface area contributed by atoms with Crippen molar-refractivity contribution in [2.45, 2.75) is 52.0 Å². The number of fused-ring (bicyclic) bond motifs is 1. The van der Waals surface area contributed by atoms with Crippen LogP contribution in [0.5, 0.6) is 0 Å². The molecule has 1 fully saturated rings. The molecule has 4 rings (SSSR count). The van der Waals surface area contributed by atoms with Gasteiger partial charge in [-0.2, -0.15) is 0 Å². The minimum Gasteiger partial charge on any atom is -0.371 e. The highest BCUT2D eigenvalue weighted by atomic mass is 15.3. The Morgan fingerprint density at radius 3 is 2.68 bits per heavy atom. The highest BCUT2D eigenvalue weighted by Crippen LogP contribution is 2.30. The summed E-state index contributed by atoms with van der Waals surface area (Å²) < 4.78 is 2.10. The Morgan fingerprint density at radius 1 is 1.12 bits per heavy atom. The van der Waals surface area contributed by atoms with Crippen LogP contribution in [0.3, 0.4) is 0 Å². The summed E-state index contributed by atoms with van der Waals surface area (Å²) in [5.74, 6) is 0. The molecule has 0 atom stereocenters. The van der Waals surface area contributed by atoms with Gasteiger partial charge in [-0.05, 0) is 43.3 Å². The molecule has 2 aromatic heterocycles. The van der Waals surface area contributed by atoms with Crippen molar-refractivity contribution in [1.29, 1.82) is 0 Å². The first-order chi connectivity index (χ1) is 12.1. The largest absolute Gasteiger partial charge is 0.371 e. The fourth-order valence-corrected chi connectivity index (χ4v) is 4.17. The number of benzene rings is 1. The van der Waals surface area contributed by atoms with Crippen LogP contribution in [0, 0.1) is 13.8 Å². The van der Waals surface area contributed by atoms with Crippen LogP contribution >= 0.6 is 0 Å². The first-order valence-corrected chi connectivity index (χ1v) is 9.34. The van der Waals surface area contributed by atoms with Crippen LogP contribution in [-0.4, -0.2) is 23.2 Å². The van der Waals surface area contributed by atoms with E-state index in [1.165, 1.54) is 54.3 Å². The Kier molecular flexibility index (Phi) is 4.20. The van der Waals surface area contributed by atoms with E-state index in [2.05, 4.69) is 71.0 Å². The van der Waals surface area contributed by atoms with Crippen LogP contribution in [0.2, 0.25) is 0 Å². The smallest absolute Gasteiger partial charge is 0.357 e. The monoisotopic (exact) mass is 335 g/mol. The Hall–Kier alpha value is -2.36. The zero-order valence-corrected chi connectivity index (χ0v) is 15.4. The van der Waals surface area contributed by atoms with Gasteiger partial charge >= 0.3 is 5.65 Å². The van der Waals surface area contributed by atoms with Crippen LogP contribution in [0.4, 0.5) is 5.69 Å². The molecule has 130 valence electrons. The summed E-state index contributed by atoms with van der Waals surface area (Å²) in [5, 5.41) is 4.61. The average molecular weight is 335 g/mol. The molecule has 3 aromatic rings. The zero-order chi connectivity index (χ0) is 17.4. The van der Waals surface area contributed by atoms with E-state index in [1.54, 1.807) is 0 Å². The summed E-state index contributed by atoms with van der Waals surface area (Å²) in [6.45, 7) is 4.28. The second kappa shape index (κ2) is 6.51. The maximum atomic E-state index is 4.67. The van der Waals surface area contributed by atoms with E-state index in [0.29, 0.717) is 6.04 Å². The van der Waals surface area contributed by atoms with Gasteiger partial charge in [0.05, 0.1) is 11.9 Å². The van der Waals surface area contributed by atoms with Crippen LogP contribution in [0.1, 0.15) is 43.2 Å². The van der Waals surface area contributed by atoms with Crippen LogP contribution < -0.4 is 9.58 Å². The molecule has 1 aromatic carbocycles. The molecule has 1 aliphatic carbocycles. The van der Waals surface area contributed by atoms with Crippen molar-refractivity contribution in [1.82, 2.24) is 10.1 Å². The van der Waals surface area contributed by atoms with Gasteiger partial charge < -0.3 is 4.90 Å². The summed E-state index contributed by atoms with van der Waals surface area (Å²) in [5.41, 5.74) is 5.96. The predicted molar refractivity (Wildman–Crippen MR) is 102 cm³/mol. The van der Waals surface area contributed by atoms with E-state index >= 15 is 0 Å². The van der Waals surface area contributed by atoms with Gasteiger partial charge in [-0.1, -0.05) is 37.0 Å². The lowest BCUT2D eigenvalue weighted by Crippen LogP contribution is -2.35. The highest BCUT2D eigenvalue weighted by molar-refractivity contribution is 5.87. The molecule has 0 amide bonds. The molecule has 0 bridgehead atoms. The molecule has 4 nitrogen and oxygen atoms in total. The molecule has 4 heteroatoms. The number of hydrogen-bond acceptors (Lipinski definition) is 2. The maximum Gasteiger partial charge on any atom is 0.357 e. The lowest BCUT2D eigenvalue weighted by molar-refractivity contribution is -0.632. The summed E-state index contributed by atoms with van der Waals surface area (Å²) in [6.07, 6.45) is 10.7. The van der Waals surface area contributed by atoms with Crippen LogP contribution in [-0.2, 0) is 0 Å². The number of hydrogen-bond donors (Lipinski definition) is 1. The molecule has 2 heterocycles. The Morgan fingerprint density at radius 2 is 1.92 bits per heavy atom. The molecule has 1 aliphatic rings. The van der Waals surface area contributed by atoms with E-state index in [1.807, 2.05) is 6.20 Å². The molecule has 1 N–H and O–H groups in total. The van der Waals surface area contributed by atoms with E-state index < -0.39 is 0 Å². The first-order valence-electron chi connectivity index (χ1n) is 9.34. The molecular formula is C21H27N4+. The van der Waals surface area contributed by atoms with Crippen molar-refractivity contribution in [2.24, 2.45) is 0 Å². The topological polar surface area (TPSA) is 35.8 Å². The van der Waals surface area contributed by atoms with E-state index in [0.717, 1.165) is 11.3 Å². The molecule has 0 saturated heterocycles. The van der Waals surface area contributed by atoms with Gasteiger partial charge in [-0.15, -0.1) is 4.68 Å². The lowest BCUT2D eigenvalue weighted by Gasteiger charge is -2.32. The van der Waals surface area contributed by atoms with E-state index in [4.69, 9.17) is 0 Å².